The van der Waals surface area contributed by atoms with Gasteiger partial charge in [-0.05, 0) is 23.6 Å². The van der Waals surface area contributed by atoms with Gasteiger partial charge in [0.15, 0.2) is 0 Å². The van der Waals surface area contributed by atoms with E-state index < -0.39 is 0 Å². The monoisotopic (exact) mass is 272 g/mol. The summed E-state index contributed by atoms with van der Waals surface area (Å²) in [5.74, 6) is 1.64. The van der Waals surface area contributed by atoms with Crippen LogP contribution in [0.5, 0.6) is 0 Å². The van der Waals surface area contributed by atoms with E-state index >= 15 is 0 Å². The highest BCUT2D eigenvalue weighted by Crippen LogP contribution is 2.21. The number of aryl methyl sites for hydroxylation is 1. The second-order valence-corrected chi connectivity index (χ2v) is 5.77. The van der Waals surface area contributed by atoms with E-state index in [1.807, 2.05) is 0 Å². The molecule has 0 amide bonds. The van der Waals surface area contributed by atoms with Crippen LogP contribution in [0, 0.1) is 0 Å². The Hall–Kier alpha value is -1.39. The first-order chi connectivity index (χ1) is 9.76. The number of H-pyrrole nitrogens is 1. The maximum absolute atomic E-state index is 4.57. The van der Waals surface area contributed by atoms with Gasteiger partial charge in [0.2, 0.25) is 0 Å². The summed E-state index contributed by atoms with van der Waals surface area (Å²) in [6.45, 7) is 10.2. The molecule has 2 N–H and O–H groups in total. The Labute approximate surface area is 120 Å². The summed E-state index contributed by atoms with van der Waals surface area (Å²) in [5, 5.41) is 3.41. The molecule has 1 fully saturated rings. The molecule has 0 bridgehead atoms. The Balaban J connectivity index is 1.74. The highest BCUT2D eigenvalue weighted by molar-refractivity contribution is 5.76. The summed E-state index contributed by atoms with van der Waals surface area (Å²) in [6, 6.07) is 6.65. The molecule has 0 saturated carbocycles. The van der Waals surface area contributed by atoms with E-state index in [0.717, 1.165) is 50.5 Å². The highest BCUT2D eigenvalue weighted by Gasteiger charge is 2.15. The van der Waals surface area contributed by atoms with Crippen molar-refractivity contribution in [2.75, 3.05) is 32.7 Å². The van der Waals surface area contributed by atoms with Gasteiger partial charge in [-0.1, -0.05) is 19.9 Å². The lowest BCUT2D eigenvalue weighted by Crippen LogP contribution is -2.44. The van der Waals surface area contributed by atoms with Gasteiger partial charge in [-0.25, -0.2) is 4.98 Å². The molecule has 1 aromatic heterocycles. The first-order valence-electron chi connectivity index (χ1n) is 7.68. The van der Waals surface area contributed by atoms with Crippen molar-refractivity contribution in [3.05, 3.63) is 29.6 Å². The Bertz CT molecular complexity index is 569. The van der Waals surface area contributed by atoms with Crippen molar-refractivity contribution in [3.63, 3.8) is 0 Å². The van der Waals surface area contributed by atoms with E-state index in [9.17, 15) is 0 Å². The number of hydrogen-bond acceptors (Lipinski definition) is 3. The third kappa shape index (κ3) is 2.86. The molecule has 1 saturated heterocycles. The molecule has 2 heterocycles. The van der Waals surface area contributed by atoms with Crippen LogP contribution in [-0.4, -0.2) is 47.6 Å². The molecule has 0 radical (unpaired) electrons. The average molecular weight is 272 g/mol. The number of piperazine rings is 1. The molecular formula is C16H24N4. The number of nitrogens with one attached hydrogen (secondary N) is 2. The van der Waals surface area contributed by atoms with E-state index in [4.69, 9.17) is 0 Å². The van der Waals surface area contributed by atoms with E-state index in [2.05, 4.69) is 52.2 Å². The number of nitrogens with zero attached hydrogens (tertiary/aromatic N) is 2. The fraction of sp³-hybridized carbons (Fsp3) is 0.562. The van der Waals surface area contributed by atoms with Crippen LogP contribution in [0.3, 0.4) is 0 Å². The molecule has 1 aliphatic heterocycles. The predicted octanol–water partition coefficient (Wildman–Crippen LogP) is 2.13. The van der Waals surface area contributed by atoms with Crippen LogP contribution < -0.4 is 5.32 Å². The predicted molar refractivity (Wildman–Crippen MR) is 83.2 cm³/mol. The van der Waals surface area contributed by atoms with Gasteiger partial charge < -0.3 is 15.2 Å². The molecule has 20 heavy (non-hydrogen) atoms. The highest BCUT2D eigenvalue weighted by atomic mass is 15.2. The summed E-state index contributed by atoms with van der Waals surface area (Å²) in [4.78, 5) is 10.5. The number of benzene rings is 1. The van der Waals surface area contributed by atoms with Crippen molar-refractivity contribution >= 4 is 11.0 Å². The Morgan fingerprint density at radius 2 is 2.10 bits per heavy atom. The van der Waals surface area contributed by atoms with Crippen molar-refractivity contribution < 1.29 is 0 Å². The molecule has 1 unspecified atom stereocenters. The molecule has 1 atom stereocenters. The molecule has 3 rings (SSSR count). The Morgan fingerprint density at radius 3 is 2.85 bits per heavy atom. The zero-order valence-electron chi connectivity index (χ0n) is 12.4. The second kappa shape index (κ2) is 5.94. The Morgan fingerprint density at radius 1 is 1.30 bits per heavy atom. The number of rotatable bonds is 4. The van der Waals surface area contributed by atoms with Gasteiger partial charge in [-0.15, -0.1) is 0 Å². The van der Waals surface area contributed by atoms with Gasteiger partial charge in [0.1, 0.15) is 5.82 Å². The fourth-order valence-corrected chi connectivity index (χ4v) is 2.94. The summed E-state index contributed by atoms with van der Waals surface area (Å²) in [5.41, 5.74) is 3.66. The lowest BCUT2D eigenvalue weighted by Gasteiger charge is -2.29. The van der Waals surface area contributed by atoms with Crippen molar-refractivity contribution in [1.82, 2.24) is 20.2 Å². The van der Waals surface area contributed by atoms with Crippen LogP contribution in [0.25, 0.3) is 11.0 Å². The molecule has 4 nitrogen and oxygen atoms in total. The molecule has 108 valence electrons. The van der Waals surface area contributed by atoms with Crippen LogP contribution in [0.4, 0.5) is 0 Å². The van der Waals surface area contributed by atoms with E-state index in [-0.39, 0.29) is 0 Å². The molecule has 1 aromatic carbocycles. The van der Waals surface area contributed by atoms with Crippen LogP contribution >= 0.6 is 0 Å². The molecule has 0 spiro atoms. The van der Waals surface area contributed by atoms with Crippen molar-refractivity contribution in [1.29, 1.82) is 0 Å². The number of aromatic amines is 1. The van der Waals surface area contributed by atoms with Crippen molar-refractivity contribution in [3.8, 4) is 0 Å². The minimum Gasteiger partial charge on any atom is -0.342 e. The van der Waals surface area contributed by atoms with E-state index in [0.29, 0.717) is 5.92 Å². The lowest BCUT2D eigenvalue weighted by atomic mass is 10.00. The Kier molecular flexibility index (Phi) is 4.03. The van der Waals surface area contributed by atoms with Gasteiger partial charge in [0.25, 0.3) is 0 Å². The van der Waals surface area contributed by atoms with Gasteiger partial charge in [0.05, 0.1) is 11.0 Å². The van der Waals surface area contributed by atoms with Gasteiger partial charge in [-0.3, -0.25) is 0 Å². The van der Waals surface area contributed by atoms with E-state index in [1.54, 1.807) is 0 Å². The van der Waals surface area contributed by atoms with Crippen molar-refractivity contribution in [2.24, 2.45) is 0 Å². The fourth-order valence-electron chi connectivity index (χ4n) is 2.94. The zero-order valence-corrected chi connectivity index (χ0v) is 12.4. The van der Waals surface area contributed by atoms with Crippen LogP contribution in [-0.2, 0) is 6.42 Å². The maximum Gasteiger partial charge on any atom is 0.106 e. The second-order valence-electron chi connectivity index (χ2n) is 5.77. The summed E-state index contributed by atoms with van der Waals surface area (Å²) in [7, 11) is 0. The first kappa shape index (κ1) is 13.6. The molecule has 0 aliphatic carbocycles. The normalized spacial score (nSPS) is 18.5. The van der Waals surface area contributed by atoms with Crippen molar-refractivity contribution in [2.45, 2.75) is 26.2 Å². The van der Waals surface area contributed by atoms with Gasteiger partial charge in [-0.2, -0.15) is 0 Å². The number of fused-ring (bicyclic) bond motifs is 1. The topological polar surface area (TPSA) is 44.0 Å². The molecule has 1 aliphatic rings. The maximum atomic E-state index is 4.57. The smallest absolute Gasteiger partial charge is 0.106 e. The standard InChI is InChI=1S/C16H24N4/c1-3-16-18-14-5-4-13(10-15(14)19-16)12(2)11-20-8-6-17-7-9-20/h4-5,10,12,17H,3,6-9,11H2,1-2H3,(H,18,19). The van der Waals surface area contributed by atoms with Crippen LogP contribution in [0.1, 0.15) is 31.2 Å². The summed E-state index contributed by atoms with van der Waals surface area (Å²) < 4.78 is 0. The zero-order chi connectivity index (χ0) is 13.9. The minimum absolute atomic E-state index is 0.561. The third-order valence-electron chi connectivity index (χ3n) is 4.20. The SMILES string of the molecule is CCc1nc2ccc(C(C)CN3CCNCC3)cc2[nH]1. The summed E-state index contributed by atoms with van der Waals surface area (Å²) in [6.07, 6.45) is 0.959. The first-order valence-corrected chi connectivity index (χ1v) is 7.68. The number of hydrogen-bond donors (Lipinski definition) is 2. The van der Waals surface area contributed by atoms with Crippen LogP contribution in [0.2, 0.25) is 0 Å². The molecule has 2 aromatic rings. The average Bonchev–Trinajstić information content (AvgIpc) is 2.90. The minimum atomic E-state index is 0.561. The largest absolute Gasteiger partial charge is 0.342 e. The lowest BCUT2D eigenvalue weighted by molar-refractivity contribution is 0.230. The van der Waals surface area contributed by atoms with E-state index in [1.165, 1.54) is 11.1 Å². The van der Waals surface area contributed by atoms with Crippen LogP contribution in [0.15, 0.2) is 18.2 Å². The van der Waals surface area contributed by atoms with Gasteiger partial charge in [0, 0.05) is 39.1 Å². The summed E-state index contributed by atoms with van der Waals surface area (Å²) >= 11 is 0. The molecular weight excluding hydrogens is 248 g/mol. The third-order valence-corrected chi connectivity index (χ3v) is 4.20. The van der Waals surface area contributed by atoms with Gasteiger partial charge >= 0.3 is 0 Å². The number of aromatic nitrogens is 2. The quantitative estimate of drug-likeness (QED) is 0.896. The number of imidazole rings is 1. The molecule has 4 heteroatoms.